The normalized spacial score (nSPS) is 12.6. The average molecular weight is 336 g/mol. The lowest BCUT2D eigenvalue weighted by molar-refractivity contribution is -0.383. The van der Waals surface area contributed by atoms with Crippen LogP contribution in [0, 0.1) is 10.1 Å². The molecule has 0 bridgehead atoms. The highest BCUT2D eigenvalue weighted by Gasteiger charge is 2.24. The lowest BCUT2D eigenvalue weighted by Gasteiger charge is -2.26. The van der Waals surface area contributed by atoms with Crippen molar-refractivity contribution >= 4 is 23.2 Å². The zero-order valence-electron chi connectivity index (χ0n) is 14.6. The van der Waals surface area contributed by atoms with E-state index in [1.54, 1.807) is 24.9 Å². The highest BCUT2D eigenvalue weighted by atomic mass is 16.6. The van der Waals surface area contributed by atoms with Crippen molar-refractivity contribution in [2.24, 2.45) is 0 Å². The number of anilines is 1. The molecule has 1 unspecified atom stereocenters. The second kappa shape index (κ2) is 7.87. The fourth-order valence-corrected chi connectivity index (χ4v) is 2.00. The Morgan fingerprint density at radius 1 is 1.29 bits per heavy atom. The molecule has 0 saturated carbocycles. The van der Waals surface area contributed by atoms with Gasteiger partial charge in [-0.3, -0.25) is 24.6 Å². The molecule has 0 spiro atoms. The fraction of sp³-hybridized carbons (Fsp3) is 0.500. The third-order valence-electron chi connectivity index (χ3n) is 3.31. The molecule has 0 aliphatic rings. The molecule has 0 fully saturated rings. The highest BCUT2D eigenvalue weighted by Crippen LogP contribution is 2.23. The van der Waals surface area contributed by atoms with Crippen LogP contribution in [-0.4, -0.2) is 46.8 Å². The Labute approximate surface area is 141 Å². The number of nitro groups is 1. The van der Waals surface area contributed by atoms with E-state index in [2.05, 4.69) is 10.6 Å². The molecule has 0 saturated heterocycles. The number of para-hydroxylation sites is 2. The second-order valence-electron chi connectivity index (χ2n) is 6.65. The molecule has 0 heterocycles. The first kappa shape index (κ1) is 19.6. The predicted octanol–water partition coefficient (Wildman–Crippen LogP) is 1.77. The summed E-state index contributed by atoms with van der Waals surface area (Å²) in [7, 11) is 1.64. The fourth-order valence-electron chi connectivity index (χ4n) is 2.00. The molecule has 2 amide bonds. The van der Waals surface area contributed by atoms with Crippen molar-refractivity contribution in [1.29, 1.82) is 0 Å². The van der Waals surface area contributed by atoms with E-state index < -0.39 is 16.9 Å². The van der Waals surface area contributed by atoms with E-state index in [0.29, 0.717) is 0 Å². The van der Waals surface area contributed by atoms with Gasteiger partial charge >= 0.3 is 0 Å². The summed E-state index contributed by atoms with van der Waals surface area (Å²) in [5, 5.41) is 16.3. The van der Waals surface area contributed by atoms with Gasteiger partial charge in [0.25, 0.3) is 5.69 Å². The van der Waals surface area contributed by atoms with Crippen LogP contribution in [0.15, 0.2) is 24.3 Å². The Balaban J connectivity index is 2.71. The Morgan fingerprint density at radius 2 is 1.88 bits per heavy atom. The monoisotopic (exact) mass is 336 g/mol. The third kappa shape index (κ3) is 5.96. The Morgan fingerprint density at radius 3 is 2.42 bits per heavy atom. The van der Waals surface area contributed by atoms with Crippen LogP contribution in [0.5, 0.6) is 0 Å². The van der Waals surface area contributed by atoms with Crippen LogP contribution in [-0.2, 0) is 9.59 Å². The number of hydrogen-bond donors (Lipinski definition) is 2. The number of benzene rings is 1. The number of nitrogens with zero attached hydrogens (tertiary/aromatic N) is 2. The van der Waals surface area contributed by atoms with Gasteiger partial charge in [0.1, 0.15) is 5.69 Å². The van der Waals surface area contributed by atoms with E-state index in [0.717, 1.165) is 0 Å². The molecular formula is C16H24N4O4. The van der Waals surface area contributed by atoms with E-state index in [-0.39, 0.29) is 29.4 Å². The molecule has 0 aliphatic carbocycles. The summed E-state index contributed by atoms with van der Waals surface area (Å²) in [4.78, 5) is 36.2. The summed E-state index contributed by atoms with van der Waals surface area (Å²) < 4.78 is 0. The van der Waals surface area contributed by atoms with E-state index in [1.807, 2.05) is 20.8 Å². The van der Waals surface area contributed by atoms with Crippen LogP contribution in [0.25, 0.3) is 0 Å². The standard InChI is InChI=1S/C16H24N4O4/c1-11(19(5)10-14(21)18-16(2,3)4)15(22)17-12-8-6-7-9-13(12)20(23)24/h6-9,11H,10H2,1-5H3,(H,17,22)(H,18,21). The highest BCUT2D eigenvalue weighted by molar-refractivity contribution is 5.96. The van der Waals surface area contributed by atoms with Crippen LogP contribution in [0.3, 0.4) is 0 Å². The van der Waals surface area contributed by atoms with E-state index in [9.17, 15) is 19.7 Å². The van der Waals surface area contributed by atoms with Crippen molar-refractivity contribution < 1.29 is 14.5 Å². The van der Waals surface area contributed by atoms with Gasteiger partial charge in [0, 0.05) is 11.6 Å². The number of nitrogens with one attached hydrogen (secondary N) is 2. The summed E-state index contributed by atoms with van der Waals surface area (Å²) in [5.74, 6) is -0.620. The lowest BCUT2D eigenvalue weighted by atomic mass is 10.1. The SMILES string of the molecule is CC(C(=O)Nc1ccccc1[N+](=O)[O-])N(C)CC(=O)NC(C)(C)C. The van der Waals surface area contributed by atoms with Gasteiger partial charge in [-0.1, -0.05) is 12.1 Å². The molecule has 8 nitrogen and oxygen atoms in total. The Hall–Kier alpha value is -2.48. The predicted molar refractivity (Wildman–Crippen MR) is 91.7 cm³/mol. The zero-order valence-corrected chi connectivity index (χ0v) is 14.6. The van der Waals surface area contributed by atoms with Gasteiger partial charge in [0.2, 0.25) is 11.8 Å². The maximum Gasteiger partial charge on any atom is 0.292 e. The molecule has 0 aliphatic heterocycles. The van der Waals surface area contributed by atoms with Crippen LogP contribution in [0.1, 0.15) is 27.7 Å². The van der Waals surface area contributed by atoms with Gasteiger partial charge in [-0.05, 0) is 40.8 Å². The smallest absolute Gasteiger partial charge is 0.292 e. The van der Waals surface area contributed by atoms with Gasteiger partial charge in [-0.15, -0.1) is 0 Å². The van der Waals surface area contributed by atoms with Crippen LogP contribution in [0.2, 0.25) is 0 Å². The van der Waals surface area contributed by atoms with Crippen LogP contribution >= 0.6 is 0 Å². The number of amides is 2. The Kier molecular flexibility index (Phi) is 6.42. The molecule has 132 valence electrons. The summed E-state index contributed by atoms with van der Waals surface area (Å²) in [6.45, 7) is 7.29. The molecule has 1 aromatic rings. The number of carbonyl (C=O) groups is 2. The van der Waals surface area contributed by atoms with Crippen molar-refractivity contribution in [2.75, 3.05) is 18.9 Å². The van der Waals surface area contributed by atoms with Crippen LogP contribution in [0.4, 0.5) is 11.4 Å². The molecule has 8 heteroatoms. The molecule has 2 N–H and O–H groups in total. The summed E-state index contributed by atoms with van der Waals surface area (Å²) >= 11 is 0. The van der Waals surface area contributed by atoms with Gasteiger partial charge in [-0.25, -0.2) is 0 Å². The average Bonchev–Trinajstić information content (AvgIpc) is 2.44. The number of rotatable bonds is 6. The van der Waals surface area contributed by atoms with Crippen molar-refractivity contribution in [2.45, 2.75) is 39.3 Å². The largest absolute Gasteiger partial charge is 0.350 e. The quantitative estimate of drug-likeness (QED) is 0.608. The van der Waals surface area contributed by atoms with Crippen molar-refractivity contribution in [1.82, 2.24) is 10.2 Å². The molecule has 1 aromatic carbocycles. The topological polar surface area (TPSA) is 105 Å². The molecule has 0 radical (unpaired) electrons. The van der Waals surface area contributed by atoms with E-state index >= 15 is 0 Å². The van der Waals surface area contributed by atoms with Gasteiger partial charge in [-0.2, -0.15) is 0 Å². The number of likely N-dealkylation sites (N-methyl/N-ethyl adjacent to an activating group) is 1. The molecule has 1 rings (SSSR count). The van der Waals surface area contributed by atoms with Gasteiger partial charge < -0.3 is 10.6 Å². The number of hydrogen-bond acceptors (Lipinski definition) is 5. The maximum absolute atomic E-state index is 12.3. The van der Waals surface area contributed by atoms with Crippen molar-refractivity contribution in [3.05, 3.63) is 34.4 Å². The third-order valence-corrected chi connectivity index (χ3v) is 3.31. The maximum atomic E-state index is 12.3. The van der Waals surface area contributed by atoms with Crippen molar-refractivity contribution in [3.63, 3.8) is 0 Å². The number of carbonyl (C=O) groups excluding carboxylic acids is 2. The second-order valence-corrected chi connectivity index (χ2v) is 6.65. The number of nitro benzene ring substituents is 1. The minimum atomic E-state index is -0.629. The summed E-state index contributed by atoms with van der Waals surface area (Å²) in [6, 6.07) is 5.29. The first-order chi connectivity index (χ1) is 11.0. The molecule has 0 aromatic heterocycles. The molecule has 1 atom stereocenters. The van der Waals surface area contributed by atoms with E-state index in [4.69, 9.17) is 0 Å². The van der Waals surface area contributed by atoms with Gasteiger partial charge in [0.15, 0.2) is 0 Å². The summed E-state index contributed by atoms with van der Waals surface area (Å²) in [6.07, 6.45) is 0. The minimum Gasteiger partial charge on any atom is -0.350 e. The first-order valence-electron chi connectivity index (χ1n) is 7.57. The first-order valence-corrected chi connectivity index (χ1v) is 7.57. The van der Waals surface area contributed by atoms with Crippen molar-refractivity contribution in [3.8, 4) is 0 Å². The molecule has 24 heavy (non-hydrogen) atoms. The van der Waals surface area contributed by atoms with Gasteiger partial charge in [0.05, 0.1) is 17.5 Å². The lowest BCUT2D eigenvalue weighted by Crippen LogP contribution is -2.49. The van der Waals surface area contributed by atoms with Crippen LogP contribution < -0.4 is 10.6 Å². The van der Waals surface area contributed by atoms with E-state index in [1.165, 1.54) is 18.2 Å². The summed E-state index contributed by atoms with van der Waals surface area (Å²) in [5.41, 5.74) is -0.397. The Bertz CT molecular complexity index is 625. The minimum absolute atomic E-state index is 0.0444. The molecular weight excluding hydrogens is 312 g/mol. The zero-order chi connectivity index (χ0) is 18.5.